The minimum atomic E-state index is 0.387. The van der Waals surface area contributed by atoms with Crippen LogP contribution >= 0.6 is 12.2 Å². The predicted molar refractivity (Wildman–Crippen MR) is 100 cm³/mol. The number of ether oxygens (including phenoxy) is 1. The number of fused-ring (bicyclic) bond motifs is 2. The van der Waals surface area contributed by atoms with E-state index in [1.807, 2.05) is 31.2 Å². The maximum atomic E-state index is 5.75. The van der Waals surface area contributed by atoms with Gasteiger partial charge in [-0.25, -0.2) is 0 Å². The fraction of sp³-hybridized carbons (Fsp3) is 0.632. The maximum Gasteiger partial charge on any atom is 0.173 e. The molecular formula is C19H28N2OS. The van der Waals surface area contributed by atoms with Gasteiger partial charge in [0.1, 0.15) is 5.75 Å². The molecule has 1 N–H and O–H groups in total. The number of anilines is 1. The number of hydrogen-bond donors (Lipinski definition) is 1. The molecule has 1 saturated heterocycles. The van der Waals surface area contributed by atoms with E-state index in [1.54, 1.807) is 0 Å². The van der Waals surface area contributed by atoms with Crippen molar-refractivity contribution in [1.82, 2.24) is 4.90 Å². The highest BCUT2D eigenvalue weighted by molar-refractivity contribution is 7.80. The fourth-order valence-corrected chi connectivity index (χ4v) is 5.06. The molecular weight excluding hydrogens is 304 g/mol. The van der Waals surface area contributed by atoms with Crippen LogP contribution in [-0.2, 0) is 0 Å². The molecule has 2 atom stereocenters. The van der Waals surface area contributed by atoms with E-state index in [9.17, 15) is 0 Å². The van der Waals surface area contributed by atoms with Gasteiger partial charge in [-0.3, -0.25) is 0 Å². The van der Waals surface area contributed by atoms with Crippen LogP contribution in [0.1, 0.15) is 47.0 Å². The first-order valence-electron chi connectivity index (χ1n) is 8.61. The van der Waals surface area contributed by atoms with Gasteiger partial charge in [-0.15, -0.1) is 0 Å². The highest BCUT2D eigenvalue weighted by Gasteiger charge is 2.50. The SMILES string of the molecule is CCOc1ccccc1NC(=S)N1CC2(C)CC1CC(C)(C)C2. The first kappa shape index (κ1) is 16.6. The number of para-hydroxylation sites is 2. The third-order valence-corrected chi connectivity index (χ3v) is 5.44. The van der Waals surface area contributed by atoms with Crippen LogP contribution in [0.25, 0.3) is 0 Å². The molecule has 1 saturated carbocycles. The molecule has 1 heterocycles. The number of hydrogen-bond acceptors (Lipinski definition) is 2. The van der Waals surface area contributed by atoms with Gasteiger partial charge in [0.25, 0.3) is 0 Å². The second-order valence-corrected chi connectivity index (χ2v) is 8.59. The molecule has 1 aromatic rings. The Labute approximate surface area is 145 Å². The van der Waals surface area contributed by atoms with Crippen molar-refractivity contribution in [2.24, 2.45) is 10.8 Å². The van der Waals surface area contributed by atoms with Gasteiger partial charge in [-0.2, -0.15) is 0 Å². The molecule has 2 bridgehead atoms. The summed E-state index contributed by atoms with van der Waals surface area (Å²) in [6.45, 7) is 10.9. The molecule has 2 unspecified atom stereocenters. The van der Waals surface area contributed by atoms with Gasteiger partial charge < -0.3 is 15.0 Å². The largest absolute Gasteiger partial charge is 0.492 e. The van der Waals surface area contributed by atoms with E-state index in [1.165, 1.54) is 19.3 Å². The summed E-state index contributed by atoms with van der Waals surface area (Å²) in [5.74, 6) is 0.867. The molecule has 0 amide bonds. The van der Waals surface area contributed by atoms with Gasteiger partial charge in [0.2, 0.25) is 0 Å². The van der Waals surface area contributed by atoms with Crippen LogP contribution in [0.15, 0.2) is 24.3 Å². The molecule has 2 aliphatic rings. The summed E-state index contributed by atoms with van der Waals surface area (Å²) < 4.78 is 5.70. The Morgan fingerprint density at radius 1 is 1.30 bits per heavy atom. The lowest BCUT2D eigenvalue weighted by atomic mass is 9.65. The lowest BCUT2D eigenvalue weighted by Crippen LogP contribution is -2.40. The summed E-state index contributed by atoms with van der Waals surface area (Å²) in [5.41, 5.74) is 1.76. The van der Waals surface area contributed by atoms with Crippen LogP contribution in [0.2, 0.25) is 0 Å². The highest BCUT2D eigenvalue weighted by atomic mass is 32.1. The van der Waals surface area contributed by atoms with Crippen molar-refractivity contribution in [3.8, 4) is 5.75 Å². The number of nitrogens with one attached hydrogen (secondary N) is 1. The van der Waals surface area contributed by atoms with Gasteiger partial charge in [-0.1, -0.05) is 32.9 Å². The summed E-state index contributed by atoms with van der Waals surface area (Å²) in [5, 5.41) is 4.26. The fourth-order valence-electron chi connectivity index (χ4n) is 4.74. The van der Waals surface area contributed by atoms with Crippen molar-refractivity contribution in [1.29, 1.82) is 0 Å². The molecule has 1 aliphatic heterocycles. The van der Waals surface area contributed by atoms with E-state index in [4.69, 9.17) is 17.0 Å². The zero-order chi connectivity index (χ0) is 16.7. The summed E-state index contributed by atoms with van der Waals surface area (Å²) in [7, 11) is 0. The van der Waals surface area contributed by atoms with Crippen molar-refractivity contribution >= 4 is 23.0 Å². The van der Waals surface area contributed by atoms with Gasteiger partial charge in [0.05, 0.1) is 12.3 Å². The average molecular weight is 333 g/mol. The lowest BCUT2D eigenvalue weighted by molar-refractivity contribution is 0.132. The Kier molecular flexibility index (Phi) is 4.30. The molecule has 3 rings (SSSR count). The normalized spacial score (nSPS) is 28.5. The number of rotatable bonds is 3. The Morgan fingerprint density at radius 2 is 2.04 bits per heavy atom. The Bertz CT molecular complexity index is 601. The molecule has 0 radical (unpaired) electrons. The van der Waals surface area contributed by atoms with Crippen LogP contribution in [0.5, 0.6) is 5.75 Å². The lowest BCUT2D eigenvalue weighted by Gasteiger charge is -2.39. The van der Waals surface area contributed by atoms with Crippen molar-refractivity contribution in [3.63, 3.8) is 0 Å². The monoisotopic (exact) mass is 332 g/mol. The van der Waals surface area contributed by atoms with E-state index in [0.717, 1.165) is 23.1 Å². The number of likely N-dealkylation sites (tertiary alicyclic amines) is 1. The van der Waals surface area contributed by atoms with Crippen molar-refractivity contribution in [3.05, 3.63) is 24.3 Å². The van der Waals surface area contributed by atoms with Crippen LogP contribution in [0.4, 0.5) is 5.69 Å². The summed E-state index contributed by atoms with van der Waals surface area (Å²) in [6.07, 6.45) is 3.76. The van der Waals surface area contributed by atoms with Crippen LogP contribution in [0, 0.1) is 10.8 Å². The Morgan fingerprint density at radius 3 is 2.78 bits per heavy atom. The number of benzene rings is 1. The number of thiocarbonyl (C=S) groups is 1. The second kappa shape index (κ2) is 5.97. The molecule has 1 aliphatic carbocycles. The Balaban J connectivity index is 1.75. The van der Waals surface area contributed by atoms with Gasteiger partial charge in [0, 0.05) is 12.6 Å². The summed E-state index contributed by atoms with van der Waals surface area (Å²) >= 11 is 5.75. The van der Waals surface area contributed by atoms with Crippen LogP contribution in [0.3, 0.4) is 0 Å². The van der Waals surface area contributed by atoms with E-state index in [-0.39, 0.29) is 0 Å². The molecule has 2 fully saturated rings. The van der Waals surface area contributed by atoms with E-state index in [2.05, 4.69) is 31.0 Å². The van der Waals surface area contributed by atoms with E-state index in [0.29, 0.717) is 23.5 Å². The van der Waals surface area contributed by atoms with Crippen molar-refractivity contribution < 1.29 is 4.74 Å². The highest BCUT2D eigenvalue weighted by Crippen LogP contribution is 2.52. The quantitative estimate of drug-likeness (QED) is 0.812. The predicted octanol–water partition coefficient (Wildman–Crippen LogP) is 4.68. The zero-order valence-electron chi connectivity index (χ0n) is 14.7. The third-order valence-electron chi connectivity index (χ3n) is 5.10. The molecule has 126 valence electrons. The van der Waals surface area contributed by atoms with Crippen molar-refractivity contribution in [2.75, 3.05) is 18.5 Å². The van der Waals surface area contributed by atoms with Crippen LogP contribution in [-0.4, -0.2) is 29.2 Å². The third kappa shape index (κ3) is 3.47. The topological polar surface area (TPSA) is 24.5 Å². The second-order valence-electron chi connectivity index (χ2n) is 8.20. The number of nitrogens with zero attached hydrogens (tertiary/aromatic N) is 1. The molecule has 0 aromatic heterocycles. The zero-order valence-corrected chi connectivity index (χ0v) is 15.5. The molecule has 3 nitrogen and oxygen atoms in total. The van der Waals surface area contributed by atoms with E-state index < -0.39 is 0 Å². The first-order valence-corrected chi connectivity index (χ1v) is 9.02. The molecule has 4 heteroatoms. The average Bonchev–Trinajstić information content (AvgIpc) is 2.70. The van der Waals surface area contributed by atoms with Gasteiger partial charge >= 0.3 is 0 Å². The minimum absolute atomic E-state index is 0.387. The van der Waals surface area contributed by atoms with Gasteiger partial charge in [0.15, 0.2) is 5.11 Å². The molecule has 0 spiro atoms. The van der Waals surface area contributed by atoms with Gasteiger partial charge in [-0.05, 0) is 61.4 Å². The minimum Gasteiger partial charge on any atom is -0.492 e. The Hall–Kier alpha value is -1.29. The maximum absolute atomic E-state index is 5.75. The van der Waals surface area contributed by atoms with Crippen LogP contribution < -0.4 is 10.1 Å². The summed E-state index contributed by atoms with van der Waals surface area (Å²) in [6, 6.07) is 8.58. The molecule has 1 aromatic carbocycles. The summed E-state index contributed by atoms with van der Waals surface area (Å²) in [4.78, 5) is 2.41. The van der Waals surface area contributed by atoms with E-state index >= 15 is 0 Å². The molecule has 23 heavy (non-hydrogen) atoms. The smallest absolute Gasteiger partial charge is 0.173 e. The standard InChI is InChI=1S/C19H28N2OS/c1-5-22-16-9-7-6-8-15(16)20-17(23)21-13-19(4)11-14(21)10-18(2,3)12-19/h6-9,14H,5,10-13H2,1-4H3,(H,20,23). The van der Waals surface area contributed by atoms with Crippen molar-refractivity contribution in [2.45, 2.75) is 53.0 Å². The first-order chi connectivity index (χ1) is 10.8.